The molecule has 122 valence electrons. The van der Waals surface area contributed by atoms with Crippen molar-refractivity contribution in [2.75, 3.05) is 6.26 Å². The minimum atomic E-state index is -0.174. The highest BCUT2D eigenvalue weighted by atomic mass is 35.5. The minimum Gasteiger partial charge on any atom is -0.348 e. The van der Waals surface area contributed by atoms with E-state index < -0.39 is 0 Å². The maximum absolute atomic E-state index is 12.3. The number of halogens is 1. The molecule has 0 aliphatic heterocycles. The molecule has 0 unspecified atom stereocenters. The Morgan fingerprint density at radius 1 is 1.25 bits per heavy atom. The Hall–Kier alpha value is -2.24. The Bertz CT molecular complexity index is 832. The molecule has 4 nitrogen and oxygen atoms in total. The molecule has 1 amide bonds. The Balaban J connectivity index is 1.66. The van der Waals surface area contributed by atoms with Crippen molar-refractivity contribution >= 4 is 29.3 Å². The number of nitrogens with one attached hydrogen (secondary N) is 1. The molecule has 1 aromatic heterocycles. The average Bonchev–Trinajstić information content (AvgIpc) is 3.15. The van der Waals surface area contributed by atoms with Crippen LogP contribution in [0.25, 0.3) is 5.69 Å². The summed E-state index contributed by atoms with van der Waals surface area (Å²) in [6, 6.07) is 15.2. The lowest BCUT2D eigenvalue weighted by molar-refractivity contribution is 0.0951. The molecule has 3 aromatic rings. The maximum atomic E-state index is 12.3. The Morgan fingerprint density at radius 2 is 2.04 bits per heavy atom. The van der Waals surface area contributed by atoms with E-state index in [0.29, 0.717) is 17.1 Å². The van der Waals surface area contributed by atoms with Gasteiger partial charge >= 0.3 is 0 Å². The standard InChI is InChI=1S/C18H16ClN3OS/c1-24-15-7-8-17(19)16(11-15)18(23)20-12-13-3-5-14(6-4-13)22-10-2-9-21-22/h2-11H,12H2,1H3,(H,20,23). The normalized spacial score (nSPS) is 10.6. The number of nitrogens with zero attached hydrogens (tertiary/aromatic N) is 2. The van der Waals surface area contributed by atoms with Crippen LogP contribution < -0.4 is 5.32 Å². The van der Waals surface area contributed by atoms with Crippen molar-refractivity contribution in [2.24, 2.45) is 0 Å². The van der Waals surface area contributed by atoms with E-state index in [1.54, 1.807) is 28.7 Å². The zero-order chi connectivity index (χ0) is 16.9. The molecule has 0 fully saturated rings. The topological polar surface area (TPSA) is 46.9 Å². The van der Waals surface area contributed by atoms with Crippen molar-refractivity contribution in [2.45, 2.75) is 11.4 Å². The van der Waals surface area contributed by atoms with Crippen LogP contribution in [0.1, 0.15) is 15.9 Å². The molecule has 0 saturated carbocycles. The molecule has 0 aliphatic carbocycles. The van der Waals surface area contributed by atoms with E-state index in [0.717, 1.165) is 16.1 Å². The molecule has 1 N–H and O–H groups in total. The number of amides is 1. The van der Waals surface area contributed by atoms with Gasteiger partial charge in [0.2, 0.25) is 0 Å². The number of carbonyl (C=O) groups excluding carboxylic acids is 1. The molecule has 6 heteroatoms. The number of hydrogen-bond acceptors (Lipinski definition) is 3. The maximum Gasteiger partial charge on any atom is 0.253 e. The fraction of sp³-hybridized carbons (Fsp3) is 0.111. The summed E-state index contributed by atoms with van der Waals surface area (Å²) in [7, 11) is 0. The zero-order valence-corrected chi connectivity index (χ0v) is 14.6. The van der Waals surface area contributed by atoms with Crippen LogP contribution in [0.4, 0.5) is 0 Å². The quantitative estimate of drug-likeness (QED) is 0.697. The van der Waals surface area contributed by atoms with Crippen LogP contribution in [-0.2, 0) is 6.54 Å². The molecule has 0 aliphatic rings. The number of hydrogen-bond donors (Lipinski definition) is 1. The summed E-state index contributed by atoms with van der Waals surface area (Å²) < 4.78 is 1.79. The van der Waals surface area contributed by atoms with E-state index >= 15 is 0 Å². The summed E-state index contributed by atoms with van der Waals surface area (Å²) in [5.74, 6) is -0.174. The van der Waals surface area contributed by atoms with Crippen LogP contribution in [0.15, 0.2) is 65.8 Å². The van der Waals surface area contributed by atoms with Gasteiger partial charge in [-0.25, -0.2) is 4.68 Å². The van der Waals surface area contributed by atoms with Gasteiger partial charge in [-0.1, -0.05) is 23.7 Å². The molecule has 3 rings (SSSR count). The Labute approximate surface area is 149 Å². The van der Waals surface area contributed by atoms with Gasteiger partial charge in [0.05, 0.1) is 16.3 Å². The molecular formula is C18H16ClN3OS. The third-order valence-corrected chi connectivity index (χ3v) is 4.63. The molecule has 0 spiro atoms. The smallest absolute Gasteiger partial charge is 0.253 e. The fourth-order valence-corrected chi connectivity index (χ4v) is 2.91. The van der Waals surface area contributed by atoms with Gasteiger partial charge in [0.25, 0.3) is 5.91 Å². The second-order valence-electron chi connectivity index (χ2n) is 5.15. The highest BCUT2D eigenvalue weighted by Gasteiger charge is 2.11. The number of aromatic nitrogens is 2. The van der Waals surface area contributed by atoms with Gasteiger partial charge in [0, 0.05) is 23.8 Å². The Kier molecular flexibility index (Phi) is 5.23. The highest BCUT2D eigenvalue weighted by Crippen LogP contribution is 2.23. The van der Waals surface area contributed by atoms with Crippen molar-refractivity contribution in [3.05, 3.63) is 77.1 Å². The summed E-state index contributed by atoms with van der Waals surface area (Å²) in [5, 5.41) is 7.55. The van der Waals surface area contributed by atoms with E-state index in [9.17, 15) is 4.79 Å². The molecule has 0 atom stereocenters. The first-order valence-corrected chi connectivity index (χ1v) is 8.98. The number of carbonyl (C=O) groups is 1. The fourth-order valence-electron chi connectivity index (χ4n) is 2.27. The summed E-state index contributed by atoms with van der Waals surface area (Å²) in [6.45, 7) is 0.443. The first-order valence-electron chi connectivity index (χ1n) is 7.38. The van der Waals surface area contributed by atoms with E-state index in [4.69, 9.17) is 11.6 Å². The minimum absolute atomic E-state index is 0.174. The summed E-state index contributed by atoms with van der Waals surface area (Å²) in [5.41, 5.74) is 2.49. The lowest BCUT2D eigenvalue weighted by Gasteiger charge is -2.09. The first kappa shape index (κ1) is 16.6. The monoisotopic (exact) mass is 357 g/mol. The average molecular weight is 358 g/mol. The molecule has 2 aromatic carbocycles. The van der Waals surface area contributed by atoms with Gasteiger partial charge in [-0.2, -0.15) is 5.10 Å². The van der Waals surface area contributed by atoms with Crippen LogP contribution in [-0.4, -0.2) is 21.9 Å². The first-order chi connectivity index (χ1) is 11.7. The van der Waals surface area contributed by atoms with Gasteiger partial charge in [0.15, 0.2) is 0 Å². The van der Waals surface area contributed by atoms with Crippen molar-refractivity contribution in [1.82, 2.24) is 15.1 Å². The summed E-state index contributed by atoms with van der Waals surface area (Å²) in [6.07, 6.45) is 5.59. The van der Waals surface area contributed by atoms with Gasteiger partial charge in [-0.15, -0.1) is 11.8 Å². The van der Waals surface area contributed by atoms with Gasteiger partial charge in [0.1, 0.15) is 0 Å². The molecule has 24 heavy (non-hydrogen) atoms. The van der Waals surface area contributed by atoms with Crippen molar-refractivity contribution < 1.29 is 4.79 Å². The molecule has 0 radical (unpaired) electrons. The van der Waals surface area contributed by atoms with E-state index in [1.807, 2.05) is 54.9 Å². The zero-order valence-electron chi connectivity index (χ0n) is 13.1. The number of rotatable bonds is 5. The highest BCUT2D eigenvalue weighted by molar-refractivity contribution is 7.98. The predicted molar refractivity (Wildman–Crippen MR) is 98.0 cm³/mol. The second-order valence-corrected chi connectivity index (χ2v) is 6.43. The lowest BCUT2D eigenvalue weighted by atomic mass is 10.2. The van der Waals surface area contributed by atoms with Crippen LogP contribution in [0.2, 0.25) is 5.02 Å². The number of benzene rings is 2. The second kappa shape index (κ2) is 7.55. The van der Waals surface area contributed by atoms with Crippen molar-refractivity contribution in [3.8, 4) is 5.69 Å². The third kappa shape index (κ3) is 3.80. The van der Waals surface area contributed by atoms with Crippen LogP contribution >= 0.6 is 23.4 Å². The molecular weight excluding hydrogens is 342 g/mol. The predicted octanol–water partition coefficient (Wildman–Crippen LogP) is 4.18. The largest absolute Gasteiger partial charge is 0.348 e. The van der Waals surface area contributed by atoms with Crippen LogP contribution in [0.5, 0.6) is 0 Å². The van der Waals surface area contributed by atoms with Crippen LogP contribution in [0.3, 0.4) is 0 Å². The van der Waals surface area contributed by atoms with E-state index in [-0.39, 0.29) is 5.91 Å². The van der Waals surface area contributed by atoms with E-state index in [2.05, 4.69) is 10.4 Å². The number of thioether (sulfide) groups is 1. The SMILES string of the molecule is CSc1ccc(Cl)c(C(=O)NCc2ccc(-n3cccn3)cc2)c1. The van der Waals surface area contributed by atoms with Crippen molar-refractivity contribution in [1.29, 1.82) is 0 Å². The third-order valence-electron chi connectivity index (χ3n) is 3.58. The van der Waals surface area contributed by atoms with Gasteiger partial charge in [-0.05, 0) is 48.2 Å². The van der Waals surface area contributed by atoms with Crippen LogP contribution in [0, 0.1) is 0 Å². The molecule has 0 saturated heterocycles. The van der Waals surface area contributed by atoms with Gasteiger partial charge < -0.3 is 5.32 Å². The molecule has 0 bridgehead atoms. The summed E-state index contributed by atoms with van der Waals surface area (Å²) >= 11 is 7.70. The Morgan fingerprint density at radius 3 is 2.71 bits per heavy atom. The lowest BCUT2D eigenvalue weighted by Crippen LogP contribution is -2.23. The van der Waals surface area contributed by atoms with E-state index in [1.165, 1.54) is 0 Å². The van der Waals surface area contributed by atoms with Crippen molar-refractivity contribution in [3.63, 3.8) is 0 Å². The summed E-state index contributed by atoms with van der Waals surface area (Å²) in [4.78, 5) is 13.3. The molecule has 1 heterocycles. The van der Waals surface area contributed by atoms with Gasteiger partial charge in [-0.3, -0.25) is 4.79 Å².